The first kappa shape index (κ1) is 11.2. The maximum absolute atomic E-state index is 11.9. The van der Waals surface area contributed by atoms with Crippen LogP contribution in [0.2, 0.25) is 5.02 Å². The normalized spacial score (nSPS) is 12.9. The van der Waals surface area contributed by atoms with Crippen molar-refractivity contribution < 1.29 is 13.9 Å². The molecule has 1 aliphatic rings. The zero-order valence-electron chi connectivity index (χ0n) is 9.40. The van der Waals surface area contributed by atoms with Gasteiger partial charge in [0.25, 0.3) is 5.91 Å². The van der Waals surface area contributed by atoms with Gasteiger partial charge >= 0.3 is 0 Å². The van der Waals surface area contributed by atoms with E-state index in [0.29, 0.717) is 23.1 Å². The topological polar surface area (TPSA) is 51.5 Å². The van der Waals surface area contributed by atoms with Gasteiger partial charge in [0, 0.05) is 17.0 Å². The molecule has 0 fully saturated rings. The molecule has 3 rings (SSSR count). The van der Waals surface area contributed by atoms with E-state index in [1.165, 1.54) is 6.26 Å². The van der Waals surface area contributed by atoms with Gasteiger partial charge < -0.3 is 14.5 Å². The Balaban J connectivity index is 1.91. The molecule has 1 aromatic carbocycles. The molecule has 0 spiro atoms. The van der Waals surface area contributed by atoms with Gasteiger partial charge in [-0.05, 0) is 24.3 Å². The molecule has 0 unspecified atom stereocenters. The summed E-state index contributed by atoms with van der Waals surface area (Å²) in [6.45, 7) is 0.610. The van der Waals surface area contributed by atoms with Crippen molar-refractivity contribution in [2.24, 2.45) is 0 Å². The average Bonchev–Trinajstić information content (AvgIpc) is 2.98. The second-order valence-electron chi connectivity index (χ2n) is 3.97. The number of fused-ring (bicyclic) bond motifs is 1. The molecule has 1 aliphatic heterocycles. The predicted molar refractivity (Wildman–Crippen MR) is 67.3 cm³/mol. The van der Waals surface area contributed by atoms with Crippen LogP contribution in [0.5, 0.6) is 5.75 Å². The van der Waals surface area contributed by atoms with Gasteiger partial charge in [0.2, 0.25) is 0 Å². The molecule has 0 atom stereocenters. The van der Waals surface area contributed by atoms with Crippen molar-refractivity contribution in [3.63, 3.8) is 0 Å². The third-order valence-corrected chi connectivity index (χ3v) is 2.96. The van der Waals surface area contributed by atoms with E-state index in [-0.39, 0.29) is 11.7 Å². The number of halogens is 1. The minimum atomic E-state index is -0.319. The molecule has 0 saturated heterocycles. The number of rotatable bonds is 2. The largest absolute Gasteiger partial charge is 0.491 e. The summed E-state index contributed by atoms with van der Waals surface area (Å²) < 4.78 is 10.5. The maximum atomic E-state index is 11.9. The summed E-state index contributed by atoms with van der Waals surface area (Å²) in [4.78, 5) is 11.9. The first-order valence-electron chi connectivity index (χ1n) is 5.54. The molecule has 0 aliphatic carbocycles. The highest BCUT2D eigenvalue weighted by atomic mass is 35.5. The SMILES string of the molecule is O=C(Nc1cc(Cl)cc2c1OCC2)c1ccco1. The van der Waals surface area contributed by atoms with E-state index in [0.717, 1.165) is 12.0 Å². The smallest absolute Gasteiger partial charge is 0.291 e. The van der Waals surface area contributed by atoms with E-state index < -0.39 is 0 Å². The summed E-state index contributed by atoms with van der Waals surface area (Å²) in [6.07, 6.45) is 2.26. The molecule has 5 heteroatoms. The molecule has 1 N–H and O–H groups in total. The van der Waals surface area contributed by atoms with E-state index >= 15 is 0 Å². The van der Waals surface area contributed by atoms with E-state index in [2.05, 4.69) is 5.32 Å². The lowest BCUT2D eigenvalue weighted by Crippen LogP contribution is -2.11. The first-order valence-corrected chi connectivity index (χ1v) is 5.92. The van der Waals surface area contributed by atoms with Gasteiger partial charge in [-0.3, -0.25) is 4.79 Å². The zero-order chi connectivity index (χ0) is 12.5. The summed E-state index contributed by atoms with van der Waals surface area (Å²) in [5.74, 6) is 0.626. The van der Waals surface area contributed by atoms with Crippen molar-refractivity contribution in [1.29, 1.82) is 0 Å². The monoisotopic (exact) mass is 263 g/mol. The Bertz CT molecular complexity index is 593. The van der Waals surface area contributed by atoms with E-state index in [1.54, 1.807) is 18.2 Å². The number of ether oxygens (including phenoxy) is 1. The molecule has 18 heavy (non-hydrogen) atoms. The highest BCUT2D eigenvalue weighted by Crippen LogP contribution is 2.36. The number of amides is 1. The zero-order valence-corrected chi connectivity index (χ0v) is 10.2. The van der Waals surface area contributed by atoms with Gasteiger partial charge in [0.15, 0.2) is 5.76 Å². The molecule has 2 aromatic rings. The minimum Gasteiger partial charge on any atom is -0.491 e. The fourth-order valence-corrected chi connectivity index (χ4v) is 2.19. The molecule has 0 saturated carbocycles. The molecule has 92 valence electrons. The summed E-state index contributed by atoms with van der Waals surface area (Å²) in [6, 6.07) is 6.79. The number of nitrogens with one attached hydrogen (secondary N) is 1. The van der Waals surface area contributed by atoms with Crippen molar-refractivity contribution in [3.05, 3.63) is 46.9 Å². The van der Waals surface area contributed by atoms with Crippen LogP contribution in [0.1, 0.15) is 16.1 Å². The number of carbonyl (C=O) groups is 1. The summed E-state index contributed by atoms with van der Waals surface area (Å²) in [5.41, 5.74) is 1.59. The second kappa shape index (κ2) is 4.38. The van der Waals surface area contributed by atoms with Gasteiger partial charge in [0.1, 0.15) is 5.75 Å². The van der Waals surface area contributed by atoms with Gasteiger partial charge in [-0.2, -0.15) is 0 Å². The molecule has 0 radical (unpaired) electrons. The lowest BCUT2D eigenvalue weighted by molar-refractivity contribution is 0.0996. The molecular weight excluding hydrogens is 254 g/mol. The van der Waals surface area contributed by atoms with Gasteiger partial charge in [-0.1, -0.05) is 11.6 Å². The fourth-order valence-electron chi connectivity index (χ4n) is 1.95. The summed E-state index contributed by atoms with van der Waals surface area (Å²) in [7, 11) is 0. The predicted octanol–water partition coefficient (Wildman–Crippen LogP) is 3.12. The van der Waals surface area contributed by atoms with Crippen LogP contribution in [-0.2, 0) is 6.42 Å². The van der Waals surface area contributed by atoms with Crippen molar-refractivity contribution in [2.45, 2.75) is 6.42 Å². The Kier molecular flexibility index (Phi) is 2.72. The number of furan rings is 1. The number of anilines is 1. The van der Waals surface area contributed by atoms with Crippen LogP contribution in [0, 0.1) is 0 Å². The van der Waals surface area contributed by atoms with Crippen molar-refractivity contribution >= 4 is 23.2 Å². The Morgan fingerprint density at radius 3 is 3.06 bits per heavy atom. The fraction of sp³-hybridized carbons (Fsp3) is 0.154. The van der Waals surface area contributed by atoms with Crippen LogP contribution in [0.25, 0.3) is 0 Å². The van der Waals surface area contributed by atoms with Crippen LogP contribution >= 0.6 is 11.6 Å². The Labute approximate surface area is 109 Å². The molecule has 0 bridgehead atoms. The lowest BCUT2D eigenvalue weighted by atomic mass is 10.1. The van der Waals surface area contributed by atoms with Gasteiger partial charge in [0.05, 0.1) is 18.6 Å². The number of carbonyl (C=O) groups excluding carboxylic acids is 1. The maximum Gasteiger partial charge on any atom is 0.291 e. The first-order chi connectivity index (χ1) is 8.74. The van der Waals surface area contributed by atoms with Crippen LogP contribution in [0.3, 0.4) is 0 Å². The highest BCUT2D eigenvalue weighted by molar-refractivity contribution is 6.31. The molecule has 2 heterocycles. The molecule has 1 amide bonds. The van der Waals surface area contributed by atoms with Gasteiger partial charge in [-0.25, -0.2) is 0 Å². The summed E-state index contributed by atoms with van der Waals surface area (Å²) in [5, 5.41) is 3.32. The number of hydrogen-bond donors (Lipinski definition) is 1. The molecule has 4 nitrogen and oxygen atoms in total. The summed E-state index contributed by atoms with van der Waals surface area (Å²) >= 11 is 6.01. The quantitative estimate of drug-likeness (QED) is 0.906. The van der Waals surface area contributed by atoms with E-state index in [4.69, 9.17) is 20.8 Å². The minimum absolute atomic E-state index is 0.252. The van der Waals surface area contributed by atoms with E-state index in [9.17, 15) is 4.79 Å². The van der Waals surface area contributed by atoms with Crippen LogP contribution in [-0.4, -0.2) is 12.5 Å². The second-order valence-corrected chi connectivity index (χ2v) is 4.41. The number of hydrogen-bond acceptors (Lipinski definition) is 3. The van der Waals surface area contributed by atoms with Crippen molar-refractivity contribution in [2.75, 3.05) is 11.9 Å². The van der Waals surface area contributed by atoms with Crippen molar-refractivity contribution in [3.8, 4) is 5.75 Å². The van der Waals surface area contributed by atoms with Crippen LogP contribution < -0.4 is 10.1 Å². The van der Waals surface area contributed by atoms with Gasteiger partial charge in [-0.15, -0.1) is 0 Å². The van der Waals surface area contributed by atoms with Crippen LogP contribution in [0.4, 0.5) is 5.69 Å². The third kappa shape index (κ3) is 1.95. The highest BCUT2D eigenvalue weighted by Gasteiger charge is 2.20. The van der Waals surface area contributed by atoms with Crippen molar-refractivity contribution in [1.82, 2.24) is 0 Å². The molecular formula is C13H10ClNO3. The Morgan fingerprint density at radius 2 is 2.28 bits per heavy atom. The molecule has 1 aromatic heterocycles. The van der Waals surface area contributed by atoms with E-state index in [1.807, 2.05) is 6.07 Å². The number of benzene rings is 1. The Morgan fingerprint density at radius 1 is 1.39 bits per heavy atom. The standard InChI is InChI=1S/C13H10ClNO3/c14-9-6-8-3-5-18-12(8)10(7-9)15-13(16)11-2-1-4-17-11/h1-2,4,6-7H,3,5H2,(H,15,16). The Hall–Kier alpha value is -1.94. The lowest BCUT2D eigenvalue weighted by Gasteiger charge is -2.09. The average molecular weight is 264 g/mol. The third-order valence-electron chi connectivity index (χ3n) is 2.74. The van der Waals surface area contributed by atoms with Crippen LogP contribution in [0.15, 0.2) is 34.9 Å².